The summed E-state index contributed by atoms with van der Waals surface area (Å²) in [4.78, 5) is 22.0. The van der Waals surface area contributed by atoms with Gasteiger partial charge < -0.3 is 20.9 Å². The summed E-state index contributed by atoms with van der Waals surface area (Å²) in [5.41, 5.74) is 6.00. The highest BCUT2D eigenvalue weighted by Gasteiger charge is 2.22. The highest BCUT2D eigenvalue weighted by Crippen LogP contribution is 2.26. The largest absolute Gasteiger partial charge is 0.488 e. The summed E-state index contributed by atoms with van der Waals surface area (Å²) in [7, 11) is 0. The molecule has 6 heteroatoms. The predicted octanol–water partition coefficient (Wildman–Crippen LogP) is 0.624. The monoisotopic (exact) mass is 250 g/mol. The van der Waals surface area contributed by atoms with E-state index >= 15 is 0 Å². The van der Waals surface area contributed by atoms with E-state index in [1.54, 1.807) is 12.1 Å². The van der Waals surface area contributed by atoms with Gasteiger partial charge in [-0.1, -0.05) is 6.07 Å². The molecule has 6 nitrogen and oxygen atoms in total. The maximum Gasteiger partial charge on any atom is 0.339 e. The number of aromatic carboxylic acids is 1. The molecule has 2 rings (SSSR count). The number of nitrogens with two attached hydrogens (primary N) is 1. The van der Waals surface area contributed by atoms with Crippen LogP contribution in [0.15, 0.2) is 18.2 Å². The maximum atomic E-state index is 11.0. The molecule has 1 amide bonds. The van der Waals surface area contributed by atoms with E-state index in [1.165, 1.54) is 6.07 Å². The van der Waals surface area contributed by atoms with Gasteiger partial charge in [0.1, 0.15) is 12.2 Å². The molecule has 1 atom stereocenters. The van der Waals surface area contributed by atoms with Crippen molar-refractivity contribution in [2.75, 3.05) is 12.3 Å². The molecule has 1 aromatic carbocycles. The van der Waals surface area contributed by atoms with Crippen molar-refractivity contribution < 1.29 is 19.4 Å². The van der Waals surface area contributed by atoms with Gasteiger partial charge in [-0.25, -0.2) is 4.79 Å². The number of carbonyl (C=O) groups is 2. The van der Waals surface area contributed by atoms with Crippen LogP contribution in [0, 0.1) is 0 Å². The Balaban J connectivity index is 2.08. The van der Waals surface area contributed by atoms with Crippen LogP contribution in [0.1, 0.15) is 23.2 Å². The van der Waals surface area contributed by atoms with E-state index in [0.29, 0.717) is 12.8 Å². The van der Waals surface area contributed by atoms with Crippen LogP contribution in [0.5, 0.6) is 5.75 Å². The molecule has 0 aliphatic carbocycles. The van der Waals surface area contributed by atoms with Crippen molar-refractivity contribution in [1.29, 1.82) is 0 Å². The van der Waals surface area contributed by atoms with Crippen molar-refractivity contribution in [3.8, 4) is 5.75 Å². The molecule has 0 saturated carbocycles. The third-order valence-electron chi connectivity index (χ3n) is 2.79. The number of ether oxygens (including phenoxy) is 1. The maximum absolute atomic E-state index is 11.0. The molecule has 4 N–H and O–H groups in total. The quantitative estimate of drug-likeness (QED) is 0.680. The second-order valence-corrected chi connectivity index (χ2v) is 4.14. The Morgan fingerprint density at radius 1 is 1.56 bits per heavy atom. The third kappa shape index (κ3) is 2.53. The van der Waals surface area contributed by atoms with Gasteiger partial charge >= 0.3 is 5.97 Å². The molecule has 0 bridgehead atoms. The predicted molar refractivity (Wildman–Crippen MR) is 64.5 cm³/mol. The Kier molecular flexibility index (Phi) is 3.36. The molecule has 96 valence electrons. The van der Waals surface area contributed by atoms with Gasteiger partial charge in [0.05, 0.1) is 11.7 Å². The average molecular weight is 250 g/mol. The lowest BCUT2D eigenvalue weighted by Crippen LogP contribution is -2.31. The molecule has 1 aliphatic heterocycles. The van der Waals surface area contributed by atoms with Crippen molar-refractivity contribution in [3.05, 3.63) is 23.8 Å². The van der Waals surface area contributed by atoms with Crippen LogP contribution in [0.3, 0.4) is 0 Å². The molecular formula is C12H14N2O4. The van der Waals surface area contributed by atoms with Crippen molar-refractivity contribution in [2.45, 2.75) is 18.9 Å². The summed E-state index contributed by atoms with van der Waals surface area (Å²) in [6.07, 6.45) is 1.16. The highest BCUT2D eigenvalue weighted by molar-refractivity contribution is 5.93. The number of amides is 1. The minimum atomic E-state index is -1.09. The van der Waals surface area contributed by atoms with Crippen LogP contribution in [-0.2, 0) is 4.79 Å². The summed E-state index contributed by atoms with van der Waals surface area (Å²) in [6.45, 7) is 0.222. The summed E-state index contributed by atoms with van der Waals surface area (Å²) in [6, 6.07) is 4.48. The number of carboxylic acids is 1. The standard InChI is InChI=1S/C12H14N2O4/c13-9-3-1-2-8(12(16)17)11(9)18-6-7-4-5-10(15)14-7/h1-3,7H,4-6,13H2,(H,14,15)(H,16,17). The zero-order valence-corrected chi connectivity index (χ0v) is 9.68. The van der Waals surface area contributed by atoms with E-state index < -0.39 is 5.97 Å². The molecule has 1 fully saturated rings. The SMILES string of the molecule is Nc1cccc(C(=O)O)c1OCC1CCC(=O)N1. The molecule has 1 saturated heterocycles. The average Bonchev–Trinajstić information content (AvgIpc) is 2.73. The van der Waals surface area contributed by atoms with Crippen LogP contribution in [0.25, 0.3) is 0 Å². The fraction of sp³-hybridized carbons (Fsp3) is 0.333. The van der Waals surface area contributed by atoms with Gasteiger partial charge in [-0.2, -0.15) is 0 Å². The molecule has 1 aromatic rings. The first kappa shape index (κ1) is 12.2. The lowest BCUT2D eigenvalue weighted by atomic mass is 10.1. The number of carboxylic acid groups (broad SMARTS) is 1. The fourth-order valence-electron chi connectivity index (χ4n) is 1.87. The molecule has 0 radical (unpaired) electrons. The van der Waals surface area contributed by atoms with Gasteiger partial charge in [0.2, 0.25) is 5.91 Å². The third-order valence-corrected chi connectivity index (χ3v) is 2.79. The van der Waals surface area contributed by atoms with Gasteiger partial charge in [0.25, 0.3) is 0 Å². The lowest BCUT2D eigenvalue weighted by molar-refractivity contribution is -0.119. The van der Waals surface area contributed by atoms with E-state index in [0.717, 1.165) is 0 Å². The van der Waals surface area contributed by atoms with E-state index in [-0.39, 0.29) is 35.6 Å². The summed E-state index contributed by atoms with van der Waals surface area (Å²) in [5.74, 6) is -0.943. The molecular weight excluding hydrogens is 236 g/mol. The normalized spacial score (nSPS) is 18.4. The smallest absolute Gasteiger partial charge is 0.339 e. The first-order valence-electron chi connectivity index (χ1n) is 5.62. The topological polar surface area (TPSA) is 102 Å². The highest BCUT2D eigenvalue weighted by atomic mass is 16.5. The van der Waals surface area contributed by atoms with Crippen molar-refractivity contribution in [3.63, 3.8) is 0 Å². The Labute approximate surface area is 104 Å². The first-order chi connectivity index (χ1) is 8.58. The molecule has 1 heterocycles. The number of nitrogen functional groups attached to an aromatic ring is 1. The van der Waals surface area contributed by atoms with E-state index in [2.05, 4.69) is 5.32 Å². The first-order valence-corrected chi connectivity index (χ1v) is 5.62. The number of para-hydroxylation sites is 1. The summed E-state index contributed by atoms with van der Waals surface area (Å²) in [5, 5.41) is 11.8. The second kappa shape index (κ2) is 4.95. The number of nitrogens with one attached hydrogen (secondary N) is 1. The number of hydrogen-bond donors (Lipinski definition) is 3. The Morgan fingerprint density at radius 3 is 2.94 bits per heavy atom. The molecule has 1 unspecified atom stereocenters. The number of rotatable bonds is 4. The Bertz CT molecular complexity index is 487. The fourth-order valence-corrected chi connectivity index (χ4v) is 1.87. The Hall–Kier alpha value is -2.24. The zero-order valence-electron chi connectivity index (χ0n) is 9.68. The van der Waals surface area contributed by atoms with Crippen molar-refractivity contribution >= 4 is 17.6 Å². The van der Waals surface area contributed by atoms with Crippen molar-refractivity contribution in [2.24, 2.45) is 0 Å². The Morgan fingerprint density at radius 2 is 2.33 bits per heavy atom. The van der Waals surface area contributed by atoms with Crippen LogP contribution in [0.4, 0.5) is 5.69 Å². The second-order valence-electron chi connectivity index (χ2n) is 4.14. The van der Waals surface area contributed by atoms with Crippen LogP contribution < -0.4 is 15.8 Å². The molecule has 18 heavy (non-hydrogen) atoms. The minimum absolute atomic E-state index is 0.0110. The van der Waals surface area contributed by atoms with E-state index in [9.17, 15) is 9.59 Å². The van der Waals surface area contributed by atoms with Gasteiger partial charge in [-0.15, -0.1) is 0 Å². The van der Waals surface area contributed by atoms with E-state index in [1.807, 2.05) is 0 Å². The number of benzene rings is 1. The van der Waals surface area contributed by atoms with Gasteiger partial charge in [0, 0.05) is 6.42 Å². The van der Waals surface area contributed by atoms with Crippen LogP contribution in [0.2, 0.25) is 0 Å². The molecule has 0 spiro atoms. The van der Waals surface area contributed by atoms with Gasteiger partial charge in [-0.05, 0) is 18.6 Å². The number of hydrogen-bond acceptors (Lipinski definition) is 4. The minimum Gasteiger partial charge on any atom is -0.488 e. The van der Waals surface area contributed by atoms with Gasteiger partial charge in [-0.3, -0.25) is 4.79 Å². The zero-order chi connectivity index (χ0) is 13.1. The number of carbonyl (C=O) groups excluding carboxylic acids is 1. The summed E-state index contributed by atoms with van der Waals surface area (Å²) >= 11 is 0. The van der Waals surface area contributed by atoms with E-state index in [4.69, 9.17) is 15.6 Å². The lowest BCUT2D eigenvalue weighted by Gasteiger charge is -2.15. The van der Waals surface area contributed by atoms with Crippen LogP contribution >= 0.6 is 0 Å². The molecule has 0 aromatic heterocycles. The van der Waals surface area contributed by atoms with Gasteiger partial charge in [0.15, 0.2) is 5.75 Å². The van der Waals surface area contributed by atoms with Crippen molar-refractivity contribution in [1.82, 2.24) is 5.32 Å². The summed E-state index contributed by atoms with van der Waals surface area (Å²) < 4.78 is 5.44. The molecule has 1 aliphatic rings. The number of anilines is 1. The van der Waals surface area contributed by atoms with Crippen LogP contribution in [-0.4, -0.2) is 29.6 Å².